The van der Waals surface area contributed by atoms with Crippen LogP contribution in [0.1, 0.15) is 29.1 Å². The van der Waals surface area contributed by atoms with Gasteiger partial charge in [0.1, 0.15) is 0 Å². The highest BCUT2D eigenvalue weighted by Gasteiger charge is 2.33. The van der Waals surface area contributed by atoms with E-state index in [1.807, 2.05) is 6.92 Å². The molecule has 1 N–H and O–H groups in total. The summed E-state index contributed by atoms with van der Waals surface area (Å²) in [6.45, 7) is 1.86. The van der Waals surface area contributed by atoms with Gasteiger partial charge in [-0.05, 0) is 25.8 Å². The maximum absolute atomic E-state index is 12.5. The number of aliphatic carboxylic acids is 1. The third kappa shape index (κ3) is 4.73. The number of rotatable bonds is 3. The van der Waals surface area contributed by atoms with Gasteiger partial charge in [0.15, 0.2) is 10.7 Å². The Hall–Kier alpha value is -2.69. The van der Waals surface area contributed by atoms with Gasteiger partial charge < -0.3 is 5.11 Å². The standard InChI is InChI=1S/C12H9F3N4OS.C4H6O2/c1-7-5-19-10(20)4-8(16-11(19)21-7)6-18-3-2-9(17-18)12(13,14)15;5-4(6)3-1-2-3/h2-5H,6H2,1H3;3H,1-2H2,(H,5,6). The lowest BCUT2D eigenvalue weighted by Crippen LogP contribution is -2.15. The number of hydrogen-bond acceptors (Lipinski definition) is 5. The number of fused-ring (bicyclic) bond motifs is 1. The molecule has 0 aliphatic heterocycles. The van der Waals surface area contributed by atoms with Crippen LogP contribution in [0.5, 0.6) is 0 Å². The molecule has 3 aromatic heterocycles. The summed E-state index contributed by atoms with van der Waals surface area (Å²) in [7, 11) is 0. The first-order valence-electron chi connectivity index (χ1n) is 7.95. The summed E-state index contributed by atoms with van der Waals surface area (Å²) in [6.07, 6.45) is 0.207. The molecule has 1 fully saturated rings. The molecule has 0 amide bonds. The number of aryl methyl sites for hydroxylation is 1. The molecule has 0 radical (unpaired) electrons. The van der Waals surface area contributed by atoms with Gasteiger partial charge in [0, 0.05) is 23.3 Å². The number of halogens is 3. The number of hydrogen-bond donors (Lipinski definition) is 1. The highest BCUT2D eigenvalue weighted by molar-refractivity contribution is 7.16. The summed E-state index contributed by atoms with van der Waals surface area (Å²) >= 11 is 1.34. The van der Waals surface area contributed by atoms with Gasteiger partial charge in [-0.2, -0.15) is 18.3 Å². The van der Waals surface area contributed by atoms with Gasteiger partial charge in [-0.3, -0.25) is 18.7 Å². The third-order valence-electron chi connectivity index (χ3n) is 3.72. The molecule has 0 atom stereocenters. The molecule has 0 unspecified atom stereocenters. The minimum Gasteiger partial charge on any atom is -0.481 e. The van der Waals surface area contributed by atoms with E-state index in [4.69, 9.17) is 5.11 Å². The second-order valence-corrected chi connectivity index (χ2v) is 7.30. The predicted molar refractivity (Wildman–Crippen MR) is 90.8 cm³/mol. The SMILES string of the molecule is Cc1cn2c(=O)cc(Cn3ccc(C(F)(F)F)n3)nc2s1.O=C(O)C1CC1. The average molecular weight is 400 g/mol. The Balaban J connectivity index is 0.000000299. The van der Waals surface area contributed by atoms with Gasteiger partial charge in [0.2, 0.25) is 0 Å². The van der Waals surface area contributed by atoms with Crippen LogP contribution < -0.4 is 5.56 Å². The molecule has 144 valence electrons. The molecule has 1 aliphatic carbocycles. The van der Waals surface area contributed by atoms with Crippen LogP contribution in [0.2, 0.25) is 0 Å². The molecule has 0 bridgehead atoms. The lowest BCUT2D eigenvalue weighted by atomic mass is 10.4. The van der Waals surface area contributed by atoms with Gasteiger partial charge in [-0.15, -0.1) is 11.3 Å². The fraction of sp³-hybridized carbons (Fsp3) is 0.375. The van der Waals surface area contributed by atoms with Gasteiger partial charge >= 0.3 is 12.1 Å². The minimum atomic E-state index is -4.48. The molecule has 3 aromatic rings. The third-order valence-corrected chi connectivity index (χ3v) is 4.62. The largest absolute Gasteiger partial charge is 0.481 e. The van der Waals surface area contributed by atoms with E-state index in [9.17, 15) is 22.8 Å². The van der Waals surface area contributed by atoms with E-state index in [1.165, 1.54) is 28.0 Å². The van der Waals surface area contributed by atoms with Crippen LogP contribution in [0.4, 0.5) is 13.2 Å². The van der Waals surface area contributed by atoms with Crippen molar-refractivity contribution < 1.29 is 23.1 Å². The normalized spacial score (nSPS) is 14.1. The van der Waals surface area contributed by atoms with Gasteiger partial charge in [-0.1, -0.05) is 0 Å². The molecule has 1 aliphatic rings. The number of carboxylic acids is 1. The minimum absolute atomic E-state index is 0.0127. The Labute approximate surface area is 154 Å². The van der Waals surface area contributed by atoms with Crippen molar-refractivity contribution in [2.24, 2.45) is 5.92 Å². The van der Waals surface area contributed by atoms with E-state index < -0.39 is 17.8 Å². The summed E-state index contributed by atoms with van der Waals surface area (Å²) in [5.41, 5.74) is -0.853. The predicted octanol–water partition coefficient (Wildman–Crippen LogP) is 2.81. The van der Waals surface area contributed by atoms with Gasteiger partial charge in [-0.25, -0.2) is 4.98 Å². The lowest BCUT2D eigenvalue weighted by molar-refractivity contribution is -0.141. The van der Waals surface area contributed by atoms with Crippen molar-refractivity contribution in [2.45, 2.75) is 32.5 Å². The van der Waals surface area contributed by atoms with Crippen LogP contribution in [0, 0.1) is 12.8 Å². The molecular formula is C16H15F3N4O3S. The molecule has 4 rings (SSSR count). The summed E-state index contributed by atoms with van der Waals surface area (Å²) in [5.74, 6) is -0.611. The van der Waals surface area contributed by atoms with Crippen LogP contribution in [0.15, 0.2) is 29.3 Å². The van der Waals surface area contributed by atoms with E-state index in [0.717, 1.165) is 28.5 Å². The zero-order chi connectivity index (χ0) is 19.8. The Morgan fingerprint density at radius 1 is 1.41 bits per heavy atom. The van der Waals surface area contributed by atoms with E-state index >= 15 is 0 Å². The number of carbonyl (C=O) groups is 1. The van der Waals surface area contributed by atoms with E-state index in [2.05, 4.69) is 10.1 Å². The quantitative estimate of drug-likeness (QED) is 0.730. The molecular weight excluding hydrogens is 385 g/mol. The Bertz CT molecular complexity index is 1030. The van der Waals surface area contributed by atoms with Gasteiger partial charge in [0.25, 0.3) is 5.56 Å². The first-order chi connectivity index (χ1) is 12.6. The van der Waals surface area contributed by atoms with Crippen molar-refractivity contribution in [2.75, 3.05) is 0 Å². The monoisotopic (exact) mass is 400 g/mol. The van der Waals surface area contributed by atoms with E-state index in [0.29, 0.717) is 10.7 Å². The Morgan fingerprint density at radius 3 is 2.63 bits per heavy atom. The number of alkyl halides is 3. The van der Waals surface area contributed by atoms with Crippen molar-refractivity contribution in [1.29, 1.82) is 0 Å². The number of aromatic nitrogens is 4. The molecule has 3 heterocycles. The van der Waals surface area contributed by atoms with Gasteiger partial charge in [0.05, 0.1) is 18.2 Å². The molecule has 11 heteroatoms. The summed E-state index contributed by atoms with van der Waals surface area (Å²) in [6, 6.07) is 2.19. The molecule has 0 spiro atoms. The second-order valence-electron chi connectivity index (χ2n) is 6.09. The van der Waals surface area contributed by atoms with Crippen molar-refractivity contribution in [3.05, 3.63) is 51.1 Å². The average Bonchev–Trinajstić information content (AvgIpc) is 3.19. The number of nitrogens with zero attached hydrogens (tertiary/aromatic N) is 4. The zero-order valence-corrected chi connectivity index (χ0v) is 14.9. The molecule has 0 saturated heterocycles. The summed E-state index contributed by atoms with van der Waals surface area (Å²) < 4.78 is 39.9. The molecule has 7 nitrogen and oxygen atoms in total. The Morgan fingerprint density at radius 2 is 2.11 bits per heavy atom. The fourth-order valence-electron chi connectivity index (χ4n) is 2.24. The summed E-state index contributed by atoms with van der Waals surface area (Å²) in [4.78, 5) is 27.4. The smallest absolute Gasteiger partial charge is 0.435 e. The first kappa shape index (κ1) is 19.1. The van der Waals surface area contributed by atoms with Crippen molar-refractivity contribution in [1.82, 2.24) is 19.2 Å². The van der Waals surface area contributed by atoms with Crippen molar-refractivity contribution >= 4 is 22.3 Å². The maximum Gasteiger partial charge on any atom is 0.435 e. The van der Waals surface area contributed by atoms with Crippen LogP contribution in [-0.4, -0.2) is 30.2 Å². The second kappa shape index (κ2) is 7.14. The van der Waals surface area contributed by atoms with E-state index in [-0.39, 0.29) is 18.0 Å². The van der Waals surface area contributed by atoms with Crippen molar-refractivity contribution in [3.8, 4) is 0 Å². The highest BCUT2D eigenvalue weighted by Crippen LogP contribution is 2.28. The fourth-order valence-corrected chi connectivity index (χ4v) is 3.09. The molecule has 1 saturated carbocycles. The van der Waals surface area contributed by atoms with Crippen LogP contribution in [0.25, 0.3) is 4.96 Å². The van der Waals surface area contributed by atoms with Crippen LogP contribution >= 0.6 is 11.3 Å². The number of thiazole rings is 1. The molecule has 0 aromatic carbocycles. The first-order valence-corrected chi connectivity index (χ1v) is 8.77. The van der Waals surface area contributed by atoms with Crippen LogP contribution in [0.3, 0.4) is 0 Å². The van der Waals surface area contributed by atoms with Crippen molar-refractivity contribution in [3.63, 3.8) is 0 Å². The zero-order valence-electron chi connectivity index (χ0n) is 14.1. The van der Waals surface area contributed by atoms with Crippen LogP contribution in [-0.2, 0) is 17.5 Å². The molecule has 27 heavy (non-hydrogen) atoms. The lowest BCUT2D eigenvalue weighted by Gasteiger charge is -2.03. The Kier molecular flexibility index (Phi) is 5.05. The summed E-state index contributed by atoms with van der Waals surface area (Å²) in [5, 5.41) is 11.5. The maximum atomic E-state index is 12.5. The highest BCUT2D eigenvalue weighted by atomic mass is 32.1. The number of carboxylic acid groups (broad SMARTS) is 1. The van der Waals surface area contributed by atoms with E-state index in [1.54, 1.807) is 6.20 Å². The topological polar surface area (TPSA) is 89.5 Å².